The third-order valence-electron chi connectivity index (χ3n) is 4.09. The Morgan fingerprint density at radius 3 is 2.38 bits per heavy atom. The first-order valence-corrected chi connectivity index (χ1v) is 8.43. The zero-order valence-corrected chi connectivity index (χ0v) is 14.1. The highest BCUT2D eigenvalue weighted by molar-refractivity contribution is 6.10. The van der Waals surface area contributed by atoms with E-state index in [9.17, 15) is 0 Å². The van der Waals surface area contributed by atoms with Gasteiger partial charge in [-0.05, 0) is 11.5 Å². The number of aromatic nitrogens is 1. The van der Waals surface area contributed by atoms with E-state index in [2.05, 4.69) is 4.98 Å². The van der Waals surface area contributed by atoms with Gasteiger partial charge in [-0.3, -0.25) is 4.90 Å². The second-order valence-electron chi connectivity index (χ2n) is 5.77. The number of hydrogen-bond donors (Lipinski definition) is 1. The van der Waals surface area contributed by atoms with Crippen LogP contribution in [0.15, 0.2) is 48.5 Å². The lowest BCUT2D eigenvalue weighted by molar-refractivity contribution is 0.0724. The van der Waals surface area contributed by atoms with Crippen molar-refractivity contribution in [3.63, 3.8) is 0 Å². The van der Waals surface area contributed by atoms with Crippen LogP contribution in [0, 0.1) is 0 Å². The van der Waals surface area contributed by atoms with Crippen molar-refractivity contribution in [1.29, 1.82) is 0 Å². The molecule has 1 aromatic heterocycles. The molecule has 2 aromatic carbocycles. The Morgan fingerprint density at radius 2 is 1.62 bits per heavy atom. The quantitative estimate of drug-likeness (QED) is 0.541. The van der Waals surface area contributed by atoms with Gasteiger partial charge in [-0.2, -0.15) is 0 Å². The van der Waals surface area contributed by atoms with Crippen molar-refractivity contribution < 1.29 is 20.8 Å². The van der Waals surface area contributed by atoms with Gasteiger partial charge in [0.05, 0.1) is 30.8 Å². The predicted molar refractivity (Wildman–Crippen MR) is 106 cm³/mol. The van der Waals surface area contributed by atoms with Crippen LogP contribution in [-0.2, 0) is 4.74 Å². The van der Waals surface area contributed by atoms with Crippen molar-refractivity contribution >= 4 is 27.5 Å². The third-order valence-corrected chi connectivity index (χ3v) is 4.09. The number of ether oxygens (including phenoxy) is 1. The number of fused-ring (bicyclic) bond motifs is 3. The highest BCUT2D eigenvalue weighted by Gasteiger charge is 2.20. The molecule has 1 N–H and O–H groups in total. The molecule has 1 aliphatic heterocycles. The number of benzene rings is 2. The van der Waals surface area contributed by atoms with E-state index in [1.165, 1.54) is 0 Å². The number of nitrogens with zero attached hydrogens (tertiary/aromatic N) is 3. The molecule has 1 aliphatic rings. The van der Waals surface area contributed by atoms with Crippen LogP contribution < -0.4 is 4.90 Å². The van der Waals surface area contributed by atoms with Crippen LogP contribution in [0.25, 0.3) is 21.7 Å². The molecule has 0 amide bonds. The van der Waals surface area contributed by atoms with Crippen LogP contribution in [0.3, 0.4) is 0 Å². The number of pyridine rings is 1. The lowest BCUT2D eigenvalue weighted by Gasteiger charge is -2.36. The summed E-state index contributed by atoms with van der Waals surface area (Å²) in [6, 6.07) is 14.0. The van der Waals surface area contributed by atoms with E-state index in [1.807, 2.05) is 12.1 Å². The van der Waals surface area contributed by atoms with Gasteiger partial charge in [0.2, 0.25) is 0 Å². The van der Waals surface area contributed by atoms with Crippen molar-refractivity contribution in [2.24, 2.45) is 0 Å². The largest absolute Gasteiger partial charge is 0.394 e. The van der Waals surface area contributed by atoms with Crippen LogP contribution in [0.1, 0.15) is 11.0 Å². The molecule has 0 aliphatic carbocycles. The number of hydrogen-bond acceptors (Lipinski definition) is 5. The van der Waals surface area contributed by atoms with Crippen molar-refractivity contribution in [2.45, 2.75) is 0 Å². The molecule has 0 saturated carbocycles. The molecular formula is C21H25N3O2. The first-order valence-electron chi connectivity index (χ1n) is 12.4. The van der Waals surface area contributed by atoms with Crippen molar-refractivity contribution in [2.75, 3.05) is 57.3 Å². The van der Waals surface area contributed by atoms with Crippen molar-refractivity contribution in [3.05, 3.63) is 48.5 Å². The first-order chi connectivity index (χ1) is 15.9. The van der Waals surface area contributed by atoms with E-state index >= 15 is 0 Å². The molecule has 1 saturated heterocycles. The minimum Gasteiger partial charge on any atom is -0.394 e. The molecule has 26 heavy (non-hydrogen) atoms. The summed E-state index contributed by atoms with van der Waals surface area (Å²) in [5.41, 5.74) is 0.448. The smallest absolute Gasteiger partial charge is 0.137 e. The summed E-state index contributed by atoms with van der Waals surface area (Å²) in [7, 11) is 0. The topological polar surface area (TPSA) is 48.8 Å². The van der Waals surface area contributed by atoms with E-state index in [1.54, 1.807) is 36.4 Å². The van der Waals surface area contributed by atoms with E-state index < -0.39 is 32.5 Å². The van der Waals surface area contributed by atoms with Crippen LogP contribution >= 0.6 is 0 Å². The Bertz CT molecular complexity index is 1180. The first kappa shape index (κ1) is 10.2. The van der Waals surface area contributed by atoms with Gasteiger partial charge < -0.3 is 14.7 Å². The van der Waals surface area contributed by atoms with Crippen LogP contribution in [-0.4, -0.2) is 67.3 Å². The number of para-hydroxylation sites is 1. The zero-order valence-electron chi connectivity index (χ0n) is 22.1. The lowest BCUT2D eigenvalue weighted by atomic mass is 10.1. The second kappa shape index (κ2) is 7.99. The molecule has 136 valence electrons. The molecule has 0 radical (unpaired) electrons. The maximum absolute atomic E-state index is 8.88. The van der Waals surface area contributed by atoms with Gasteiger partial charge in [0, 0.05) is 48.8 Å². The van der Waals surface area contributed by atoms with Gasteiger partial charge in [-0.25, -0.2) is 4.98 Å². The predicted octanol–water partition coefficient (Wildman–Crippen LogP) is 2.52. The second-order valence-corrected chi connectivity index (χ2v) is 5.77. The fourth-order valence-corrected chi connectivity index (χ4v) is 2.87. The molecule has 0 atom stereocenters. The number of rotatable bonds is 6. The lowest BCUT2D eigenvalue weighted by Crippen LogP contribution is -2.47. The van der Waals surface area contributed by atoms with E-state index in [4.69, 9.17) is 20.8 Å². The maximum atomic E-state index is 8.88. The van der Waals surface area contributed by atoms with Crippen LogP contribution in [0.5, 0.6) is 0 Å². The Labute approximate surface area is 165 Å². The number of anilines is 1. The van der Waals surface area contributed by atoms with E-state index in [-0.39, 0.29) is 25.6 Å². The minimum absolute atomic E-state index is 0.0568. The molecule has 5 nitrogen and oxygen atoms in total. The average molecular weight is 359 g/mol. The number of piperazine rings is 1. The van der Waals surface area contributed by atoms with E-state index in [0.717, 1.165) is 5.39 Å². The summed E-state index contributed by atoms with van der Waals surface area (Å²) in [6.45, 7) is -13.0. The molecule has 0 unspecified atom stereocenters. The maximum Gasteiger partial charge on any atom is 0.137 e. The Hall–Kier alpha value is -2.21. The molecular weight excluding hydrogens is 326 g/mol. The summed E-state index contributed by atoms with van der Waals surface area (Å²) in [5.74, 6) is -0.187. The molecule has 3 aromatic rings. The number of aliphatic hydroxyl groups excluding tert-OH is 1. The van der Waals surface area contributed by atoms with Gasteiger partial charge in [0.25, 0.3) is 0 Å². The van der Waals surface area contributed by atoms with Crippen molar-refractivity contribution in [1.82, 2.24) is 9.88 Å². The molecule has 2 heterocycles. The van der Waals surface area contributed by atoms with Gasteiger partial charge in [-0.15, -0.1) is 0 Å². The molecule has 0 spiro atoms. The Kier molecular flexibility index (Phi) is 3.14. The van der Waals surface area contributed by atoms with E-state index in [0.29, 0.717) is 26.1 Å². The highest BCUT2D eigenvalue weighted by atomic mass is 16.5. The summed E-state index contributed by atoms with van der Waals surface area (Å²) in [4.78, 5) is 5.51. The summed E-state index contributed by atoms with van der Waals surface area (Å²) >= 11 is 0. The fourth-order valence-electron chi connectivity index (χ4n) is 2.87. The Morgan fingerprint density at radius 1 is 0.923 bits per heavy atom. The SMILES string of the molecule is [2H]C1([2H])N(CCOCCO)C([2H])([2H])C([2H])([2H])N(c2nc3ccccc3c3ccccc23)C1([2H])[2H]. The standard InChI is InChI=1S/C21H25N3O2/c25-14-16-26-15-13-23-9-11-24(12-10-23)21-19-7-2-1-5-17(19)18-6-3-4-8-20(18)22-21/h1-8,25H,9-16H2/i9D2,10D2,11D2,12D2. The van der Waals surface area contributed by atoms with Gasteiger partial charge in [0.15, 0.2) is 0 Å². The summed E-state index contributed by atoms with van der Waals surface area (Å²) < 4.78 is 74.4. The normalized spacial score (nSPS) is 28.1. The molecule has 1 fully saturated rings. The van der Waals surface area contributed by atoms with Crippen LogP contribution in [0.4, 0.5) is 5.82 Å². The van der Waals surface area contributed by atoms with Crippen molar-refractivity contribution in [3.8, 4) is 0 Å². The Balaban J connectivity index is 1.93. The fraction of sp³-hybridized carbons (Fsp3) is 0.381. The third kappa shape index (κ3) is 3.51. The zero-order chi connectivity index (χ0) is 24.9. The molecule has 4 rings (SSSR count). The molecule has 0 bridgehead atoms. The van der Waals surface area contributed by atoms with Crippen LogP contribution in [0.2, 0.25) is 0 Å². The summed E-state index contributed by atoms with van der Waals surface area (Å²) in [5, 5.41) is 10.7. The number of aliphatic hydroxyl groups is 1. The monoisotopic (exact) mass is 359 g/mol. The minimum atomic E-state index is -3.03. The van der Waals surface area contributed by atoms with Gasteiger partial charge >= 0.3 is 0 Å². The summed E-state index contributed by atoms with van der Waals surface area (Å²) in [6.07, 6.45) is 0. The highest BCUT2D eigenvalue weighted by Crippen LogP contribution is 2.31. The average Bonchev–Trinajstić information content (AvgIpc) is 2.77. The van der Waals surface area contributed by atoms with Gasteiger partial charge in [-0.1, -0.05) is 42.5 Å². The molecule has 5 heteroatoms. The van der Waals surface area contributed by atoms with Gasteiger partial charge in [0.1, 0.15) is 5.82 Å².